The highest BCUT2D eigenvalue weighted by Gasteiger charge is 2.34. The fourth-order valence-corrected chi connectivity index (χ4v) is 3.93. The molecule has 0 bridgehead atoms. The van der Waals surface area contributed by atoms with E-state index < -0.39 is 27.4 Å². The van der Waals surface area contributed by atoms with Crippen LogP contribution in [0.25, 0.3) is 0 Å². The van der Waals surface area contributed by atoms with E-state index in [1.165, 1.54) is 18.3 Å². The van der Waals surface area contributed by atoms with Gasteiger partial charge in [0.2, 0.25) is 5.03 Å². The smallest absolute Gasteiger partial charge is 0.410 e. The van der Waals surface area contributed by atoms with Gasteiger partial charge < -0.3 is 9.64 Å². The molecular formula is C15H21N3O5S. The number of nitrogens with zero attached hydrogens (tertiary/aromatic N) is 3. The van der Waals surface area contributed by atoms with Gasteiger partial charge in [0.25, 0.3) is 0 Å². The fraction of sp³-hybridized carbons (Fsp3) is 0.600. The Balaban J connectivity index is 2.11. The molecule has 0 aromatic carbocycles. The van der Waals surface area contributed by atoms with Gasteiger partial charge in [0.05, 0.1) is 21.5 Å². The fourth-order valence-electron chi connectivity index (χ4n) is 2.52. The third kappa shape index (κ3) is 4.50. The third-order valence-corrected chi connectivity index (χ3v) is 4.95. The van der Waals surface area contributed by atoms with Crippen LogP contribution in [0.15, 0.2) is 23.4 Å². The molecule has 0 saturated carbocycles. The summed E-state index contributed by atoms with van der Waals surface area (Å²) in [5.41, 5.74) is -0.874. The summed E-state index contributed by atoms with van der Waals surface area (Å²) in [6.07, 6.45) is 2.40. The molecular weight excluding hydrogens is 334 g/mol. The number of hydrogen-bond acceptors (Lipinski definition) is 6. The van der Waals surface area contributed by atoms with E-state index in [1.807, 2.05) is 0 Å². The van der Waals surface area contributed by atoms with Crippen molar-refractivity contribution in [2.24, 2.45) is 0 Å². The van der Waals surface area contributed by atoms with Crippen LogP contribution in [0.5, 0.6) is 0 Å². The largest absolute Gasteiger partial charge is 0.444 e. The van der Waals surface area contributed by atoms with Gasteiger partial charge >= 0.3 is 11.8 Å². The van der Waals surface area contributed by atoms with Crippen LogP contribution in [0.1, 0.15) is 33.6 Å². The van der Waals surface area contributed by atoms with E-state index in [2.05, 4.69) is 4.98 Å². The van der Waals surface area contributed by atoms with Crippen molar-refractivity contribution in [2.45, 2.75) is 50.3 Å². The lowest BCUT2D eigenvalue weighted by molar-refractivity contribution is -0.388. The van der Waals surface area contributed by atoms with Gasteiger partial charge in [0, 0.05) is 24.8 Å². The standard InChI is InChI=1S/C15H21N3O5S/c1-15(2,3)23-14(19)17-9-5-6-11(17)10-24(22)13-12(18(20)21)7-4-8-16-13/h4,7-8,11H,5-6,9-10H2,1-3H3/t11-,24+/m1/s1. The number of nitro groups is 1. The Kier molecular flexibility index (Phi) is 5.53. The normalized spacial score (nSPS) is 19.1. The lowest BCUT2D eigenvalue weighted by Crippen LogP contribution is -2.42. The molecule has 1 fully saturated rings. The molecule has 0 unspecified atom stereocenters. The predicted molar refractivity (Wildman–Crippen MR) is 88.1 cm³/mol. The zero-order chi connectivity index (χ0) is 17.9. The van der Waals surface area contributed by atoms with Crippen molar-refractivity contribution < 1.29 is 18.7 Å². The van der Waals surface area contributed by atoms with E-state index in [0.717, 1.165) is 6.42 Å². The maximum Gasteiger partial charge on any atom is 0.410 e. The van der Waals surface area contributed by atoms with Gasteiger partial charge in [-0.2, -0.15) is 0 Å². The van der Waals surface area contributed by atoms with E-state index in [0.29, 0.717) is 13.0 Å². The molecule has 2 rings (SSSR count). The minimum absolute atomic E-state index is 0.0569. The van der Waals surface area contributed by atoms with Crippen molar-refractivity contribution in [3.63, 3.8) is 0 Å². The number of ether oxygens (including phenoxy) is 1. The molecule has 24 heavy (non-hydrogen) atoms. The van der Waals surface area contributed by atoms with Crippen molar-refractivity contribution >= 4 is 22.6 Å². The zero-order valence-electron chi connectivity index (χ0n) is 13.9. The maximum absolute atomic E-state index is 12.5. The molecule has 1 aliphatic rings. The van der Waals surface area contributed by atoms with E-state index in [4.69, 9.17) is 4.74 Å². The van der Waals surface area contributed by atoms with Gasteiger partial charge in [-0.25, -0.2) is 9.78 Å². The van der Waals surface area contributed by atoms with Crippen molar-refractivity contribution in [1.29, 1.82) is 0 Å². The first kappa shape index (κ1) is 18.3. The average Bonchev–Trinajstić information content (AvgIpc) is 2.93. The molecule has 2 heterocycles. The zero-order valence-corrected chi connectivity index (χ0v) is 14.7. The molecule has 0 aliphatic carbocycles. The summed E-state index contributed by atoms with van der Waals surface area (Å²) in [5, 5.41) is 11.0. The SMILES string of the molecule is CC(C)(C)OC(=O)N1CCC[C@@H]1C[S@](=O)c1ncccc1[N+](=O)[O-]. The monoisotopic (exact) mass is 355 g/mol. The van der Waals surface area contributed by atoms with E-state index in [9.17, 15) is 19.1 Å². The van der Waals surface area contributed by atoms with Crippen molar-refractivity contribution in [3.8, 4) is 0 Å². The van der Waals surface area contributed by atoms with Crippen LogP contribution in [0.4, 0.5) is 10.5 Å². The van der Waals surface area contributed by atoms with Crippen LogP contribution in [0, 0.1) is 10.1 Å². The molecule has 1 aromatic rings. The van der Waals surface area contributed by atoms with Gasteiger partial charge in [-0.1, -0.05) is 0 Å². The maximum atomic E-state index is 12.5. The molecule has 1 aromatic heterocycles. The minimum atomic E-state index is -1.67. The quantitative estimate of drug-likeness (QED) is 0.607. The van der Waals surface area contributed by atoms with Gasteiger partial charge in [0.1, 0.15) is 5.60 Å². The Morgan fingerprint density at radius 1 is 1.54 bits per heavy atom. The highest BCUT2D eigenvalue weighted by atomic mass is 32.2. The molecule has 8 nitrogen and oxygen atoms in total. The van der Waals surface area contributed by atoms with Crippen LogP contribution < -0.4 is 0 Å². The Labute approximate surface area is 142 Å². The summed E-state index contributed by atoms with van der Waals surface area (Å²) in [4.78, 5) is 28.1. The number of carbonyl (C=O) groups excluding carboxylic acids is 1. The van der Waals surface area contributed by atoms with Crippen LogP contribution >= 0.6 is 0 Å². The Morgan fingerprint density at radius 2 is 2.25 bits per heavy atom. The molecule has 0 N–H and O–H groups in total. The first-order chi connectivity index (χ1) is 11.2. The van der Waals surface area contributed by atoms with Gasteiger partial charge in [-0.3, -0.25) is 14.3 Å². The number of amides is 1. The van der Waals surface area contributed by atoms with E-state index in [-0.39, 0.29) is 22.5 Å². The van der Waals surface area contributed by atoms with Gasteiger partial charge in [-0.05, 0) is 39.7 Å². The van der Waals surface area contributed by atoms with Crippen LogP contribution in [0.2, 0.25) is 0 Å². The number of aromatic nitrogens is 1. The second kappa shape index (κ2) is 7.25. The summed E-state index contributed by atoms with van der Waals surface area (Å²) >= 11 is 0. The molecule has 0 radical (unpaired) electrons. The van der Waals surface area contributed by atoms with Crippen LogP contribution in [-0.4, -0.2) is 49.0 Å². The average molecular weight is 355 g/mol. The molecule has 0 spiro atoms. The first-order valence-electron chi connectivity index (χ1n) is 7.66. The summed E-state index contributed by atoms with van der Waals surface area (Å²) in [6, 6.07) is 2.43. The highest BCUT2D eigenvalue weighted by Crippen LogP contribution is 2.25. The van der Waals surface area contributed by atoms with Gasteiger partial charge in [-0.15, -0.1) is 0 Å². The lowest BCUT2D eigenvalue weighted by atomic mass is 10.2. The Bertz CT molecular complexity index is 659. The minimum Gasteiger partial charge on any atom is -0.444 e. The first-order valence-corrected chi connectivity index (χ1v) is 8.98. The lowest BCUT2D eigenvalue weighted by Gasteiger charge is -2.28. The molecule has 1 aliphatic heterocycles. The van der Waals surface area contributed by atoms with E-state index in [1.54, 1.807) is 25.7 Å². The van der Waals surface area contributed by atoms with Crippen LogP contribution in [-0.2, 0) is 15.5 Å². The number of hydrogen-bond donors (Lipinski definition) is 0. The van der Waals surface area contributed by atoms with Crippen molar-refractivity contribution in [2.75, 3.05) is 12.3 Å². The second-order valence-electron chi connectivity index (χ2n) is 6.57. The molecule has 1 saturated heterocycles. The Morgan fingerprint density at radius 3 is 2.88 bits per heavy atom. The topological polar surface area (TPSA) is 103 Å². The number of rotatable bonds is 4. The van der Waals surface area contributed by atoms with Crippen molar-refractivity contribution in [1.82, 2.24) is 9.88 Å². The summed E-state index contributed by atoms with van der Waals surface area (Å²) in [5.74, 6) is 0.108. The highest BCUT2D eigenvalue weighted by molar-refractivity contribution is 7.85. The number of likely N-dealkylation sites (tertiary alicyclic amines) is 1. The summed E-state index contributed by atoms with van der Waals surface area (Å²) in [7, 11) is -1.67. The number of carbonyl (C=O) groups is 1. The van der Waals surface area contributed by atoms with Crippen LogP contribution in [0.3, 0.4) is 0 Å². The Hall–Kier alpha value is -2.03. The molecule has 1 amide bonds. The second-order valence-corrected chi connectivity index (χ2v) is 7.98. The summed E-state index contributed by atoms with van der Waals surface area (Å²) < 4.78 is 17.9. The van der Waals surface area contributed by atoms with Gasteiger partial charge in [0.15, 0.2) is 0 Å². The third-order valence-electron chi connectivity index (χ3n) is 3.51. The molecule has 132 valence electrons. The number of pyridine rings is 1. The molecule has 9 heteroatoms. The summed E-state index contributed by atoms with van der Waals surface area (Å²) in [6.45, 7) is 5.88. The predicted octanol–water partition coefficient (Wildman–Crippen LogP) is 2.50. The van der Waals surface area contributed by atoms with E-state index >= 15 is 0 Å². The molecule has 2 atom stereocenters. The van der Waals surface area contributed by atoms with Crippen molar-refractivity contribution in [3.05, 3.63) is 28.4 Å².